The molecule has 7 aromatic rings. The van der Waals surface area contributed by atoms with E-state index in [-0.39, 0.29) is 27.1 Å². The van der Waals surface area contributed by atoms with Crippen LogP contribution in [0.4, 0.5) is 22.7 Å². The Bertz CT molecular complexity index is 2740. The number of anilines is 4. The Kier molecular flexibility index (Phi) is 11.9. The summed E-state index contributed by atoms with van der Waals surface area (Å²) in [5, 5.41) is 6.30. The zero-order chi connectivity index (χ0) is 45.9. The molecule has 7 rings (SSSR count). The largest absolute Gasteiger partial charge is 0.457 e. The summed E-state index contributed by atoms with van der Waals surface area (Å²) in [6.07, 6.45) is 4.10. The SMILES string of the molecule is CCC(C)(CC)c1ccnc(-n2c3cc(Oc4cc(N(C)c5ccccc5Nc5cc(C(C)(C)C)cc(C(C)(C)C)c5)cc(C(C)(C)C)c4)ccc3c3c(C(C)(C)C)cccc32)c1. The Morgan fingerprint density at radius 1 is 0.571 bits per heavy atom. The van der Waals surface area contributed by atoms with Gasteiger partial charge in [-0.15, -0.1) is 0 Å². The number of benzene rings is 5. The van der Waals surface area contributed by atoms with Crippen molar-refractivity contribution in [2.45, 2.75) is 144 Å². The summed E-state index contributed by atoms with van der Waals surface area (Å²) >= 11 is 0. The fourth-order valence-corrected chi connectivity index (χ4v) is 8.69. The van der Waals surface area contributed by atoms with Crippen LogP contribution in [0.25, 0.3) is 27.6 Å². The predicted octanol–water partition coefficient (Wildman–Crippen LogP) is 16.8. The van der Waals surface area contributed by atoms with Crippen molar-refractivity contribution in [3.8, 4) is 17.3 Å². The van der Waals surface area contributed by atoms with Gasteiger partial charge in [0.25, 0.3) is 0 Å². The molecule has 0 atom stereocenters. The molecule has 0 saturated heterocycles. The van der Waals surface area contributed by atoms with Crippen molar-refractivity contribution >= 4 is 44.6 Å². The van der Waals surface area contributed by atoms with E-state index in [1.54, 1.807) is 0 Å². The lowest BCUT2D eigenvalue weighted by Crippen LogP contribution is -2.20. The third kappa shape index (κ3) is 9.26. The lowest BCUT2D eigenvalue weighted by molar-refractivity contribution is 0.438. The first-order valence-corrected chi connectivity index (χ1v) is 23.0. The third-order valence-electron chi connectivity index (χ3n) is 13.4. The summed E-state index contributed by atoms with van der Waals surface area (Å²) in [6.45, 7) is 34.3. The minimum absolute atomic E-state index is 0.0155. The van der Waals surface area contributed by atoms with Gasteiger partial charge >= 0.3 is 0 Å². The van der Waals surface area contributed by atoms with Gasteiger partial charge in [-0.25, -0.2) is 4.98 Å². The highest BCUT2D eigenvalue weighted by Gasteiger charge is 2.27. The predicted molar refractivity (Wildman–Crippen MR) is 272 cm³/mol. The number of aromatic nitrogens is 2. The molecule has 2 heterocycles. The molecule has 330 valence electrons. The molecular weight excluding hydrogens is 769 g/mol. The number of para-hydroxylation sites is 2. The maximum atomic E-state index is 6.99. The molecule has 0 aliphatic heterocycles. The van der Waals surface area contributed by atoms with Gasteiger partial charge in [0.1, 0.15) is 17.3 Å². The van der Waals surface area contributed by atoms with E-state index < -0.39 is 0 Å². The molecule has 0 saturated carbocycles. The van der Waals surface area contributed by atoms with Crippen LogP contribution in [0.5, 0.6) is 11.5 Å². The van der Waals surface area contributed by atoms with E-state index in [1.165, 1.54) is 38.6 Å². The minimum Gasteiger partial charge on any atom is -0.457 e. The second-order valence-electron chi connectivity index (χ2n) is 22.2. The van der Waals surface area contributed by atoms with Gasteiger partial charge in [-0.3, -0.25) is 4.57 Å². The quantitative estimate of drug-likeness (QED) is 0.149. The van der Waals surface area contributed by atoms with Crippen LogP contribution in [0.2, 0.25) is 0 Å². The minimum atomic E-state index is -0.120. The van der Waals surface area contributed by atoms with Gasteiger partial charge in [-0.1, -0.05) is 134 Å². The van der Waals surface area contributed by atoms with Gasteiger partial charge in [-0.05, 0) is 134 Å². The summed E-state index contributed by atoms with van der Waals surface area (Å²) < 4.78 is 9.33. The Morgan fingerprint density at radius 3 is 1.83 bits per heavy atom. The van der Waals surface area contributed by atoms with Crippen molar-refractivity contribution in [3.05, 3.63) is 143 Å². The van der Waals surface area contributed by atoms with E-state index >= 15 is 0 Å². The number of hydrogen-bond donors (Lipinski definition) is 1. The Balaban J connectivity index is 1.33. The van der Waals surface area contributed by atoms with Crippen LogP contribution in [0, 0.1) is 0 Å². The van der Waals surface area contributed by atoms with E-state index in [4.69, 9.17) is 9.72 Å². The highest BCUT2D eigenvalue weighted by atomic mass is 16.5. The summed E-state index contributed by atoms with van der Waals surface area (Å²) in [5.41, 5.74) is 12.9. The molecule has 63 heavy (non-hydrogen) atoms. The van der Waals surface area contributed by atoms with Gasteiger partial charge < -0.3 is 15.0 Å². The highest BCUT2D eigenvalue weighted by molar-refractivity contribution is 6.11. The normalized spacial score (nSPS) is 12.9. The number of fused-ring (bicyclic) bond motifs is 3. The molecule has 0 spiro atoms. The molecule has 0 bridgehead atoms. The smallest absolute Gasteiger partial charge is 0.137 e. The van der Waals surface area contributed by atoms with Crippen LogP contribution in [-0.2, 0) is 27.1 Å². The molecule has 0 aliphatic carbocycles. The van der Waals surface area contributed by atoms with Crippen LogP contribution in [0.1, 0.15) is 145 Å². The molecular formula is C58H72N4O. The zero-order valence-corrected chi connectivity index (χ0v) is 41.1. The summed E-state index contributed by atoms with van der Waals surface area (Å²) in [4.78, 5) is 7.32. The molecule has 5 nitrogen and oxygen atoms in total. The highest BCUT2D eigenvalue weighted by Crippen LogP contribution is 2.43. The first kappa shape index (κ1) is 45.5. The van der Waals surface area contributed by atoms with Gasteiger partial charge in [0.15, 0.2) is 0 Å². The van der Waals surface area contributed by atoms with Gasteiger partial charge in [0.2, 0.25) is 0 Å². The summed E-state index contributed by atoms with van der Waals surface area (Å²) in [5.74, 6) is 2.50. The molecule has 1 N–H and O–H groups in total. The van der Waals surface area contributed by atoms with Crippen molar-refractivity contribution in [3.63, 3.8) is 0 Å². The van der Waals surface area contributed by atoms with Gasteiger partial charge in [0, 0.05) is 47.5 Å². The zero-order valence-electron chi connectivity index (χ0n) is 41.1. The lowest BCUT2D eigenvalue weighted by atomic mass is 9.78. The van der Waals surface area contributed by atoms with Crippen LogP contribution in [-0.4, -0.2) is 16.6 Å². The van der Waals surface area contributed by atoms with Gasteiger partial charge in [-0.2, -0.15) is 0 Å². The standard InChI is InChI=1S/C58H72N4O/c1-17-58(15,18-2)38-28-29-59-52(35-38)62-50-25-21-22-47(57(12,13)14)53(50)46-27-26-44(37-51(46)62)63-45-34-41(56(9,10)11)33-43(36-45)61(16)49-24-20-19-23-48(49)60-42-31-39(54(3,4)5)30-40(32-42)55(6,7)8/h19-37,60H,17-18H2,1-16H3. The molecule has 0 aliphatic rings. The van der Waals surface area contributed by atoms with Crippen LogP contribution in [0.3, 0.4) is 0 Å². The van der Waals surface area contributed by atoms with Crippen molar-refractivity contribution < 1.29 is 4.74 Å². The van der Waals surface area contributed by atoms with E-state index in [0.717, 1.165) is 63.9 Å². The summed E-state index contributed by atoms with van der Waals surface area (Å²) in [6, 6.07) is 40.0. The van der Waals surface area contributed by atoms with E-state index in [2.05, 4.69) is 235 Å². The second kappa shape index (κ2) is 16.5. The maximum Gasteiger partial charge on any atom is 0.137 e. The molecule has 0 amide bonds. The molecule has 5 aromatic carbocycles. The number of hydrogen-bond acceptors (Lipinski definition) is 4. The number of rotatable bonds is 10. The maximum absolute atomic E-state index is 6.99. The monoisotopic (exact) mass is 841 g/mol. The Morgan fingerprint density at radius 2 is 1.21 bits per heavy atom. The van der Waals surface area contributed by atoms with Crippen molar-refractivity contribution in [2.75, 3.05) is 17.3 Å². The molecule has 2 aromatic heterocycles. The summed E-state index contributed by atoms with van der Waals surface area (Å²) in [7, 11) is 2.15. The van der Waals surface area contributed by atoms with Crippen molar-refractivity contribution in [2.24, 2.45) is 0 Å². The van der Waals surface area contributed by atoms with Crippen molar-refractivity contribution in [1.29, 1.82) is 0 Å². The topological polar surface area (TPSA) is 42.3 Å². The molecule has 0 fully saturated rings. The van der Waals surface area contributed by atoms with Crippen LogP contribution < -0.4 is 15.0 Å². The third-order valence-corrected chi connectivity index (χ3v) is 13.4. The molecule has 0 unspecified atom stereocenters. The van der Waals surface area contributed by atoms with E-state index in [9.17, 15) is 0 Å². The second-order valence-corrected chi connectivity index (χ2v) is 22.2. The Hall–Kier alpha value is -5.55. The molecule has 5 heteroatoms. The number of pyridine rings is 1. The number of ether oxygens (including phenoxy) is 1. The fourth-order valence-electron chi connectivity index (χ4n) is 8.69. The van der Waals surface area contributed by atoms with Crippen LogP contribution in [0.15, 0.2) is 115 Å². The first-order chi connectivity index (χ1) is 29.4. The van der Waals surface area contributed by atoms with Gasteiger partial charge in [0.05, 0.1) is 22.4 Å². The average molecular weight is 841 g/mol. The van der Waals surface area contributed by atoms with E-state index in [1.807, 2.05) is 6.20 Å². The fraction of sp³-hybridized carbons (Fsp3) is 0.397. The average Bonchev–Trinajstić information content (AvgIpc) is 3.55. The number of nitrogens with zero attached hydrogens (tertiary/aromatic N) is 3. The Labute approximate surface area is 378 Å². The lowest BCUT2D eigenvalue weighted by Gasteiger charge is -2.28. The number of nitrogens with one attached hydrogen (secondary N) is 1. The first-order valence-electron chi connectivity index (χ1n) is 23.0. The van der Waals surface area contributed by atoms with E-state index in [0.29, 0.717) is 0 Å². The molecule has 0 radical (unpaired) electrons. The van der Waals surface area contributed by atoms with Crippen LogP contribution >= 0.6 is 0 Å². The van der Waals surface area contributed by atoms with Crippen molar-refractivity contribution in [1.82, 2.24) is 9.55 Å².